The lowest BCUT2D eigenvalue weighted by Crippen LogP contribution is -2.34. The van der Waals surface area contributed by atoms with Crippen molar-refractivity contribution in [3.8, 4) is 0 Å². The van der Waals surface area contributed by atoms with Crippen molar-refractivity contribution in [2.45, 2.75) is 51.5 Å². The zero-order chi connectivity index (χ0) is 26.6. The first-order valence-corrected chi connectivity index (χ1v) is 13.3. The monoisotopic (exact) mass is 525 g/mol. The van der Waals surface area contributed by atoms with Crippen molar-refractivity contribution in [2.24, 2.45) is 7.05 Å². The first-order chi connectivity index (χ1) is 16.6. The first-order valence-electron chi connectivity index (χ1n) is 11.5. The second-order valence-corrected chi connectivity index (χ2v) is 11.8. The van der Waals surface area contributed by atoms with Crippen LogP contribution < -0.4 is 10.9 Å². The molecule has 0 spiro atoms. The number of sulfone groups is 1. The van der Waals surface area contributed by atoms with Crippen molar-refractivity contribution in [2.75, 3.05) is 16.8 Å². The van der Waals surface area contributed by atoms with Gasteiger partial charge in [-0.1, -0.05) is 12.1 Å². The average Bonchev–Trinajstić information content (AvgIpc) is 2.78. The third-order valence-electron chi connectivity index (χ3n) is 7.00. The molecule has 0 unspecified atom stereocenters. The second-order valence-electron chi connectivity index (χ2n) is 9.49. The largest absolute Gasteiger partial charge is 0.416 e. The molecular formula is C25H27F4N3O3S. The molecule has 0 aliphatic carbocycles. The lowest BCUT2D eigenvalue weighted by atomic mass is 9.85. The van der Waals surface area contributed by atoms with Crippen LogP contribution in [0, 0.1) is 13.8 Å². The predicted octanol–water partition coefficient (Wildman–Crippen LogP) is 5.12. The molecule has 6 nitrogen and oxygen atoms in total. The van der Waals surface area contributed by atoms with Crippen molar-refractivity contribution >= 4 is 26.4 Å². The number of benzene rings is 2. The van der Waals surface area contributed by atoms with Gasteiger partial charge in [-0.3, -0.25) is 4.79 Å². The van der Waals surface area contributed by atoms with Gasteiger partial charge in [-0.2, -0.15) is 18.3 Å². The molecule has 3 aromatic rings. The molecule has 11 heteroatoms. The van der Waals surface area contributed by atoms with Crippen molar-refractivity contribution < 1.29 is 26.0 Å². The van der Waals surface area contributed by atoms with E-state index in [1.807, 2.05) is 0 Å². The molecule has 0 bridgehead atoms. The van der Waals surface area contributed by atoms with Gasteiger partial charge in [0.1, 0.15) is 5.67 Å². The van der Waals surface area contributed by atoms with Crippen molar-refractivity contribution in [1.82, 2.24) is 9.78 Å². The van der Waals surface area contributed by atoms with E-state index in [1.54, 1.807) is 26.0 Å². The van der Waals surface area contributed by atoms with E-state index in [2.05, 4.69) is 10.4 Å². The SMILES string of the molecule is Cc1cc2c(=O)n(C)nc(N[C@H](C)c3cccc(C(F)(F)F)c3C)c2cc1C1(F)CCS(=O)(=O)CC1. The molecule has 4 rings (SSSR count). The number of halogens is 4. The number of nitrogens with one attached hydrogen (secondary N) is 1. The van der Waals surface area contributed by atoms with E-state index in [9.17, 15) is 26.4 Å². The third-order valence-corrected chi connectivity index (χ3v) is 8.65. The zero-order valence-electron chi connectivity index (χ0n) is 20.3. The van der Waals surface area contributed by atoms with Crippen LogP contribution in [-0.4, -0.2) is 29.7 Å². The zero-order valence-corrected chi connectivity index (χ0v) is 21.1. The molecule has 36 heavy (non-hydrogen) atoms. The Balaban J connectivity index is 1.82. The fraction of sp³-hybridized carbons (Fsp3) is 0.440. The Labute approximate surface area is 206 Å². The minimum absolute atomic E-state index is 0.0711. The molecule has 194 valence electrons. The molecule has 1 aromatic heterocycles. The topological polar surface area (TPSA) is 81.1 Å². The van der Waals surface area contributed by atoms with Crippen LogP contribution >= 0.6 is 0 Å². The van der Waals surface area contributed by atoms with Crippen LogP contribution in [0.3, 0.4) is 0 Å². The Bertz CT molecular complexity index is 1500. The lowest BCUT2D eigenvalue weighted by Gasteiger charge is -2.31. The van der Waals surface area contributed by atoms with Gasteiger partial charge in [0, 0.05) is 12.4 Å². The summed E-state index contributed by atoms with van der Waals surface area (Å²) < 4.78 is 81.1. The van der Waals surface area contributed by atoms with E-state index >= 15 is 4.39 Å². The van der Waals surface area contributed by atoms with Crippen LogP contribution in [0.15, 0.2) is 35.1 Å². The highest BCUT2D eigenvalue weighted by Gasteiger charge is 2.40. The summed E-state index contributed by atoms with van der Waals surface area (Å²) in [6.07, 6.45) is -4.89. The predicted molar refractivity (Wildman–Crippen MR) is 131 cm³/mol. The standard InChI is InChI=1S/C25H27F4N3O3S/c1-14-12-19-18(13-21(14)24(26)8-10-36(34,35)11-9-24)22(31-32(4)23(19)33)30-16(3)17-6-5-7-20(15(17)2)25(27,28)29/h5-7,12-13,16H,8-11H2,1-4H3,(H,30,31)/t16-/m1/s1. The third kappa shape index (κ3) is 4.72. The molecule has 0 amide bonds. The fourth-order valence-corrected chi connectivity index (χ4v) is 6.41. The maximum absolute atomic E-state index is 16.0. The molecule has 2 aromatic carbocycles. The van der Waals surface area contributed by atoms with Gasteiger partial charge in [-0.05, 0) is 74.1 Å². The smallest absolute Gasteiger partial charge is 0.362 e. The minimum atomic E-state index is -4.50. The number of aryl methyl sites for hydroxylation is 2. The summed E-state index contributed by atoms with van der Waals surface area (Å²) >= 11 is 0. The Kier molecular flexibility index (Phi) is 6.43. The van der Waals surface area contributed by atoms with Crippen LogP contribution in [0.2, 0.25) is 0 Å². The van der Waals surface area contributed by atoms with E-state index in [-0.39, 0.29) is 46.7 Å². The lowest BCUT2D eigenvalue weighted by molar-refractivity contribution is -0.138. The first kappa shape index (κ1) is 26.1. The molecule has 0 radical (unpaired) electrons. The highest BCUT2D eigenvalue weighted by atomic mass is 32.2. The minimum Gasteiger partial charge on any atom is -0.362 e. The van der Waals surface area contributed by atoms with Gasteiger partial charge >= 0.3 is 6.18 Å². The Morgan fingerprint density at radius 2 is 1.75 bits per heavy atom. The molecule has 2 heterocycles. The second kappa shape index (κ2) is 8.86. The van der Waals surface area contributed by atoms with Crippen LogP contribution in [0.1, 0.15) is 53.6 Å². The Morgan fingerprint density at radius 1 is 1.11 bits per heavy atom. The summed E-state index contributed by atoms with van der Waals surface area (Å²) in [5, 5.41) is 7.98. The average molecular weight is 526 g/mol. The molecule has 1 saturated heterocycles. The molecule has 1 N–H and O–H groups in total. The highest BCUT2D eigenvalue weighted by Crippen LogP contribution is 2.41. The van der Waals surface area contributed by atoms with Gasteiger partial charge in [-0.25, -0.2) is 17.5 Å². The quantitative estimate of drug-likeness (QED) is 0.479. The van der Waals surface area contributed by atoms with E-state index in [0.29, 0.717) is 16.5 Å². The van der Waals surface area contributed by atoms with Gasteiger partial charge in [0.15, 0.2) is 15.7 Å². The highest BCUT2D eigenvalue weighted by molar-refractivity contribution is 7.91. The van der Waals surface area contributed by atoms with Crippen LogP contribution in [0.25, 0.3) is 10.8 Å². The normalized spacial score (nSPS) is 18.2. The van der Waals surface area contributed by atoms with Gasteiger partial charge in [0.25, 0.3) is 5.56 Å². The summed E-state index contributed by atoms with van der Waals surface area (Å²) in [5.74, 6) is -0.329. The van der Waals surface area contributed by atoms with Crippen LogP contribution in [-0.2, 0) is 28.7 Å². The number of alkyl halides is 4. The molecule has 1 aliphatic heterocycles. The van der Waals surface area contributed by atoms with Gasteiger partial charge in [-0.15, -0.1) is 0 Å². The summed E-state index contributed by atoms with van der Waals surface area (Å²) in [4.78, 5) is 12.8. The molecular weight excluding hydrogens is 498 g/mol. The number of hydrogen-bond donors (Lipinski definition) is 1. The van der Waals surface area contributed by atoms with E-state index in [0.717, 1.165) is 10.7 Å². The fourth-order valence-electron chi connectivity index (χ4n) is 4.94. The van der Waals surface area contributed by atoms with Crippen LogP contribution in [0.5, 0.6) is 0 Å². The van der Waals surface area contributed by atoms with E-state index in [4.69, 9.17) is 0 Å². The number of rotatable bonds is 4. The summed E-state index contributed by atoms with van der Waals surface area (Å²) in [5.41, 5.74) is -1.76. The molecule has 1 atom stereocenters. The molecule has 0 saturated carbocycles. The number of nitrogens with zero attached hydrogens (tertiary/aromatic N) is 2. The van der Waals surface area contributed by atoms with Crippen LogP contribution in [0.4, 0.5) is 23.4 Å². The maximum atomic E-state index is 16.0. The molecule has 1 fully saturated rings. The number of aromatic nitrogens is 2. The van der Waals surface area contributed by atoms with E-state index < -0.39 is 38.8 Å². The van der Waals surface area contributed by atoms with Crippen molar-refractivity contribution in [3.63, 3.8) is 0 Å². The van der Waals surface area contributed by atoms with Crippen molar-refractivity contribution in [3.05, 3.63) is 68.5 Å². The summed E-state index contributed by atoms with van der Waals surface area (Å²) in [6, 6.07) is 6.40. The van der Waals surface area contributed by atoms with Gasteiger partial charge in [0.05, 0.1) is 28.5 Å². The Morgan fingerprint density at radius 3 is 2.36 bits per heavy atom. The number of fused-ring (bicyclic) bond motifs is 1. The Hall–Kier alpha value is -2.95. The maximum Gasteiger partial charge on any atom is 0.416 e. The summed E-state index contributed by atoms with van der Waals surface area (Å²) in [6.45, 7) is 4.74. The number of hydrogen-bond acceptors (Lipinski definition) is 5. The van der Waals surface area contributed by atoms with Crippen molar-refractivity contribution in [1.29, 1.82) is 0 Å². The van der Waals surface area contributed by atoms with Gasteiger partial charge in [0.2, 0.25) is 0 Å². The molecule has 1 aliphatic rings. The van der Waals surface area contributed by atoms with E-state index in [1.165, 1.54) is 26.1 Å². The summed E-state index contributed by atoms with van der Waals surface area (Å²) in [7, 11) is -1.84. The number of anilines is 1. The van der Waals surface area contributed by atoms with Gasteiger partial charge < -0.3 is 5.32 Å².